The zero-order valence-corrected chi connectivity index (χ0v) is 13.9. The molecule has 24 heavy (non-hydrogen) atoms. The quantitative estimate of drug-likeness (QED) is 0.613. The molecule has 0 bridgehead atoms. The van der Waals surface area contributed by atoms with Gasteiger partial charge in [-0.3, -0.25) is 4.79 Å². The van der Waals surface area contributed by atoms with Crippen molar-refractivity contribution in [3.63, 3.8) is 0 Å². The number of benzene rings is 2. The van der Waals surface area contributed by atoms with E-state index in [-0.39, 0.29) is 11.6 Å². The van der Waals surface area contributed by atoms with Crippen LogP contribution < -0.4 is 0 Å². The number of nitrogens with one attached hydrogen (secondary N) is 1. The molecule has 2 nitrogen and oxygen atoms in total. The van der Waals surface area contributed by atoms with Crippen LogP contribution in [-0.2, 0) is 5.41 Å². The number of H-pyrrole nitrogens is 1. The summed E-state index contributed by atoms with van der Waals surface area (Å²) in [6.07, 6.45) is 3.72. The van der Waals surface area contributed by atoms with E-state index in [9.17, 15) is 9.18 Å². The van der Waals surface area contributed by atoms with E-state index in [1.54, 1.807) is 6.07 Å². The lowest BCUT2D eigenvalue weighted by Gasteiger charge is -2.27. The molecular formula is C20H17ClFNO. The Kier molecular flexibility index (Phi) is 3.69. The first-order valence-corrected chi connectivity index (χ1v) is 8.55. The molecule has 1 aromatic heterocycles. The minimum absolute atomic E-state index is 0.0823. The lowest BCUT2D eigenvalue weighted by Crippen LogP contribution is -2.33. The van der Waals surface area contributed by atoms with Gasteiger partial charge in [-0.25, -0.2) is 4.39 Å². The van der Waals surface area contributed by atoms with Gasteiger partial charge in [0.15, 0.2) is 5.78 Å². The lowest BCUT2D eigenvalue weighted by molar-refractivity contribution is 0.0881. The number of aromatic amines is 1. The molecule has 2 aromatic carbocycles. The van der Waals surface area contributed by atoms with Gasteiger partial charge in [-0.2, -0.15) is 0 Å². The van der Waals surface area contributed by atoms with Crippen LogP contribution in [0.1, 0.15) is 41.7 Å². The molecule has 0 saturated heterocycles. The molecule has 1 heterocycles. The minimum Gasteiger partial charge on any atom is -0.352 e. The van der Waals surface area contributed by atoms with Crippen molar-refractivity contribution < 1.29 is 9.18 Å². The first-order chi connectivity index (χ1) is 11.6. The number of hydrogen-bond donors (Lipinski definition) is 1. The summed E-state index contributed by atoms with van der Waals surface area (Å²) in [6.45, 7) is 0. The van der Waals surface area contributed by atoms with Crippen molar-refractivity contribution in [1.29, 1.82) is 0 Å². The number of rotatable bonds is 3. The van der Waals surface area contributed by atoms with Gasteiger partial charge in [0.05, 0.1) is 11.1 Å². The number of halogens is 2. The average Bonchev–Trinajstić information content (AvgIpc) is 3.22. The molecule has 1 aliphatic rings. The van der Waals surface area contributed by atoms with Crippen LogP contribution in [0.25, 0.3) is 10.9 Å². The van der Waals surface area contributed by atoms with E-state index >= 15 is 0 Å². The fraction of sp³-hybridized carbons (Fsp3) is 0.250. The Bertz CT molecular complexity index is 907. The molecule has 0 unspecified atom stereocenters. The van der Waals surface area contributed by atoms with Crippen LogP contribution in [0, 0.1) is 5.82 Å². The molecule has 1 N–H and O–H groups in total. The van der Waals surface area contributed by atoms with Gasteiger partial charge < -0.3 is 4.98 Å². The van der Waals surface area contributed by atoms with Crippen molar-refractivity contribution in [2.45, 2.75) is 31.1 Å². The molecule has 0 atom stereocenters. The van der Waals surface area contributed by atoms with Crippen LogP contribution in [0.4, 0.5) is 4.39 Å². The van der Waals surface area contributed by atoms with Crippen LogP contribution in [-0.4, -0.2) is 10.8 Å². The molecule has 1 aliphatic carbocycles. The van der Waals surface area contributed by atoms with Gasteiger partial charge >= 0.3 is 0 Å². The first kappa shape index (κ1) is 15.4. The molecule has 0 aliphatic heterocycles. The summed E-state index contributed by atoms with van der Waals surface area (Å²) in [7, 11) is 0. The molecule has 1 saturated carbocycles. The third kappa shape index (κ3) is 2.44. The summed E-state index contributed by atoms with van der Waals surface area (Å²) in [6, 6.07) is 13.9. The van der Waals surface area contributed by atoms with Crippen molar-refractivity contribution in [3.8, 4) is 0 Å². The largest absolute Gasteiger partial charge is 0.352 e. The van der Waals surface area contributed by atoms with Gasteiger partial charge in [0.25, 0.3) is 0 Å². The zero-order chi connectivity index (χ0) is 16.7. The van der Waals surface area contributed by atoms with E-state index in [0.717, 1.165) is 36.6 Å². The summed E-state index contributed by atoms with van der Waals surface area (Å²) in [5.41, 5.74) is 1.71. The van der Waals surface area contributed by atoms with Gasteiger partial charge in [0.1, 0.15) is 5.82 Å². The third-order valence-electron chi connectivity index (χ3n) is 5.12. The van der Waals surface area contributed by atoms with Gasteiger partial charge in [-0.15, -0.1) is 0 Å². The molecule has 4 heteroatoms. The first-order valence-electron chi connectivity index (χ1n) is 8.18. The molecule has 0 spiro atoms. The van der Waals surface area contributed by atoms with Gasteiger partial charge in [-0.05, 0) is 54.8 Å². The second kappa shape index (κ2) is 5.75. The molecule has 1 fully saturated rings. The molecular weight excluding hydrogens is 325 g/mol. The predicted octanol–water partition coefficient (Wildman–Crippen LogP) is 5.66. The number of fused-ring (bicyclic) bond motifs is 1. The fourth-order valence-electron chi connectivity index (χ4n) is 3.87. The van der Waals surface area contributed by atoms with Crippen molar-refractivity contribution in [2.75, 3.05) is 0 Å². The average molecular weight is 342 g/mol. The highest BCUT2D eigenvalue weighted by molar-refractivity contribution is 6.30. The maximum Gasteiger partial charge on any atom is 0.189 e. The minimum atomic E-state index is -0.510. The number of carbonyl (C=O) groups excluding carboxylic acids is 1. The van der Waals surface area contributed by atoms with Crippen LogP contribution in [0.3, 0.4) is 0 Å². The van der Waals surface area contributed by atoms with Crippen LogP contribution in [0.5, 0.6) is 0 Å². The number of aromatic nitrogens is 1. The zero-order valence-electron chi connectivity index (χ0n) is 13.1. The van der Waals surface area contributed by atoms with Crippen LogP contribution in [0.2, 0.25) is 5.02 Å². The van der Waals surface area contributed by atoms with Crippen molar-refractivity contribution in [2.24, 2.45) is 0 Å². The summed E-state index contributed by atoms with van der Waals surface area (Å²) in [4.78, 5) is 16.5. The Balaban J connectivity index is 1.80. The molecule has 0 amide bonds. The van der Waals surface area contributed by atoms with Gasteiger partial charge in [0, 0.05) is 15.9 Å². The van der Waals surface area contributed by atoms with Gasteiger partial charge in [-0.1, -0.05) is 36.6 Å². The molecule has 3 aromatic rings. The number of Topliss-reactive ketones (excluding diaryl/α,β-unsaturated/α-hetero) is 1. The van der Waals surface area contributed by atoms with E-state index in [1.807, 2.05) is 30.3 Å². The second-order valence-corrected chi connectivity index (χ2v) is 6.98. The SMILES string of the molecule is O=C(c1cc2ccc(F)cc2[nH]1)C1(c2ccc(Cl)cc2)CCCC1. The van der Waals surface area contributed by atoms with Crippen molar-refractivity contribution >= 4 is 28.3 Å². The molecule has 4 rings (SSSR count). The fourth-order valence-corrected chi connectivity index (χ4v) is 4.00. The summed E-state index contributed by atoms with van der Waals surface area (Å²) >= 11 is 6.00. The second-order valence-electron chi connectivity index (χ2n) is 6.54. The maximum absolute atomic E-state index is 13.4. The highest BCUT2D eigenvalue weighted by Gasteiger charge is 2.43. The molecule has 122 valence electrons. The Morgan fingerprint density at radius 3 is 2.46 bits per heavy atom. The number of hydrogen-bond acceptors (Lipinski definition) is 1. The highest BCUT2D eigenvalue weighted by Crippen LogP contribution is 2.44. The predicted molar refractivity (Wildman–Crippen MR) is 94.2 cm³/mol. The summed E-state index contributed by atoms with van der Waals surface area (Å²) in [5.74, 6) is -0.226. The van der Waals surface area contributed by atoms with E-state index < -0.39 is 5.41 Å². The van der Waals surface area contributed by atoms with E-state index in [2.05, 4.69) is 4.98 Å². The Hall–Kier alpha value is -2.13. The van der Waals surface area contributed by atoms with E-state index in [1.165, 1.54) is 12.1 Å². The third-order valence-corrected chi connectivity index (χ3v) is 5.37. The maximum atomic E-state index is 13.4. The highest BCUT2D eigenvalue weighted by atomic mass is 35.5. The van der Waals surface area contributed by atoms with Crippen LogP contribution >= 0.6 is 11.6 Å². The molecule has 0 radical (unpaired) electrons. The summed E-state index contributed by atoms with van der Waals surface area (Å²) < 4.78 is 13.4. The van der Waals surface area contributed by atoms with Crippen molar-refractivity contribution in [1.82, 2.24) is 4.98 Å². The summed E-state index contributed by atoms with van der Waals surface area (Å²) in [5, 5.41) is 1.52. The Morgan fingerprint density at radius 2 is 1.75 bits per heavy atom. The van der Waals surface area contributed by atoms with Crippen molar-refractivity contribution in [3.05, 3.63) is 70.6 Å². The Morgan fingerprint density at radius 1 is 1.04 bits per heavy atom. The standard InChI is InChI=1S/C20H17ClFNO/c21-15-6-4-14(5-7-15)20(9-1-2-10-20)19(24)18-11-13-3-8-16(22)12-17(13)23-18/h3-8,11-12,23H,1-2,9-10H2. The van der Waals surface area contributed by atoms with Gasteiger partial charge in [0.2, 0.25) is 0 Å². The number of carbonyl (C=O) groups is 1. The number of ketones is 1. The topological polar surface area (TPSA) is 32.9 Å². The Labute approximate surface area is 144 Å². The van der Waals surface area contributed by atoms with E-state index in [4.69, 9.17) is 11.6 Å². The lowest BCUT2D eigenvalue weighted by atomic mass is 9.74. The smallest absolute Gasteiger partial charge is 0.189 e. The van der Waals surface area contributed by atoms with Crippen LogP contribution in [0.15, 0.2) is 48.5 Å². The normalized spacial score (nSPS) is 16.6. The van der Waals surface area contributed by atoms with E-state index in [0.29, 0.717) is 16.2 Å². The monoisotopic (exact) mass is 341 g/mol.